The van der Waals surface area contributed by atoms with Crippen LogP contribution in [0.5, 0.6) is 0 Å². The summed E-state index contributed by atoms with van der Waals surface area (Å²) in [5.74, 6) is -5.78. The summed E-state index contributed by atoms with van der Waals surface area (Å²) < 4.78 is 58.5. The van der Waals surface area contributed by atoms with Crippen LogP contribution >= 0.6 is 0 Å². The molecule has 2 heterocycles. The Morgan fingerprint density at radius 2 is 1.93 bits per heavy atom. The van der Waals surface area contributed by atoms with Gasteiger partial charge in [0, 0.05) is 18.2 Å². The molecule has 1 aromatic heterocycles. The molecule has 0 saturated heterocycles. The number of carbonyl (C=O) groups excluding carboxylic acids is 1. The highest BCUT2D eigenvalue weighted by Crippen LogP contribution is 2.50. The van der Waals surface area contributed by atoms with Gasteiger partial charge in [-0.05, 0) is 43.7 Å². The lowest BCUT2D eigenvalue weighted by molar-refractivity contribution is -0.106. The predicted molar refractivity (Wildman–Crippen MR) is 101 cm³/mol. The Morgan fingerprint density at radius 3 is 2.53 bits per heavy atom. The van der Waals surface area contributed by atoms with E-state index in [1.807, 2.05) is 6.07 Å². The molecule has 0 bridgehead atoms. The van der Waals surface area contributed by atoms with Crippen molar-refractivity contribution in [3.8, 4) is 6.07 Å². The van der Waals surface area contributed by atoms with Gasteiger partial charge in [-0.15, -0.1) is 0 Å². The van der Waals surface area contributed by atoms with Crippen molar-refractivity contribution in [2.24, 2.45) is 10.7 Å². The van der Waals surface area contributed by atoms with Crippen LogP contribution in [-0.4, -0.2) is 28.2 Å². The van der Waals surface area contributed by atoms with Crippen molar-refractivity contribution in [3.63, 3.8) is 0 Å². The lowest BCUT2D eigenvalue weighted by Crippen LogP contribution is -2.56. The topological polar surface area (TPSA) is 92.1 Å². The average Bonchev–Trinajstić information content (AvgIpc) is 2.67. The van der Waals surface area contributed by atoms with Gasteiger partial charge in [0.25, 0.3) is 5.92 Å². The van der Waals surface area contributed by atoms with Crippen LogP contribution in [0.1, 0.15) is 47.4 Å². The molecule has 0 aliphatic carbocycles. The van der Waals surface area contributed by atoms with Crippen LogP contribution in [0.25, 0.3) is 0 Å². The molecule has 0 fully saturated rings. The van der Waals surface area contributed by atoms with Crippen LogP contribution in [-0.2, 0) is 12.0 Å². The number of aliphatic imine (C=N–C) groups is 1. The molecule has 0 saturated carbocycles. The first-order chi connectivity index (χ1) is 13.9. The van der Waals surface area contributed by atoms with E-state index in [0.29, 0.717) is 0 Å². The summed E-state index contributed by atoms with van der Waals surface area (Å²) in [5, 5.41) is 8.79. The summed E-state index contributed by atoms with van der Waals surface area (Å²) in [4.78, 5) is 20.0. The molecule has 0 amide bonds. The number of nitriles is 1. The Bertz CT molecular complexity index is 1070. The number of halogens is 4. The van der Waals surface area contributed by atoms with Crippen molar-refractivity contribution in [1.29, 1.82) is 5.26 Å². The van der Waals surface area contributed by atoms with Gasteiger partial charge in [-0.3, -0.25) is 14.8 Å². The van der Waals surface area contributed by atoms with Gasteiger partial charge < -0.3 is 5.73 Å². The van der Waals surface area contributed by atoms with Gasteiger partial charge in [0.1, 0.15) is 23.4 Å². The molecule has 2 aromatic rings. The highest BCUT2D eigenvalue weighted by Gasteiger charge is 2.60. The number of Topliss-reactive ketones (excluding diaryl/α,β-unsaturated/α-hetero) is 1. The minimum Gasteiger partial charge on any atom is -0.385 e. The summed E-state index contributed by atoms with van der Waals surface area (Å²) in [5.41, 5.74) is 0.717. The molecule has 1 aromatic carbocycles. The lowest BCUT2D eigenvalue weighted by atomic mass is 9.77. The van der Waals surface area contributed by atoms with E-state index in [4.69, 9.17) is 11.0 Å². The number of aromatic nitrogens is 1. The van der Waals surface area contributed by atoms with Crippen molar-refractivity contribution in [2.75, 3.05) is 0 Å². The van der Waals surface area contributed by atoms with Crippen LogP contribution in [0.4, 0.5) is 17.6 Å². The fraction of sp³-hybridized carbons (Fsp3) is 0.333. The van der Waals surface area contributed by atoms with Gasteiger partial charge in [-0.1, -0.05) is 6.07 Å². The third-order valence-corrected chi connectivity index (χ3v) is 5.24. The van der Waals surface area contributed by atoms with E-state index in [9.17, 15) is 22.4 Å². The van der Waals surface area contributed by atoms with Crippen LogP contribution in [0.2, 0.25) is 0 Å². The molecule has 1 aliphatic heterocycles. The molecular weight excluding hydrogens is 400 g/mol. The van der Waals surface area contributed by atoms with E-state index >= 15 is 0 Å². The minimum atomic E-state index is -3.72. The maximum Gasteiger partial charge on any atom is 0.280 e. The monoisotopic (exact) mass is 418 g/mol. The Balaban J connectivity index is 1.98. The van der Waals surface area contributed by atoms with Gasteiger partial charge in [0.15, 0.2) is 17.0 Å². The number of nitrogens with zero attached hydrogens (tertiary/aromatic N) is 3. The van der Waals surface area contributed by atoms with Gasteiger partial charge >= 0.3 is 0 Å². The molecule has 156 valence electrons. The van der Waals surface area contributed by atoms with E-state index < -0.39 is 46.6 Å². The average molecular weight is 418 g/mol. The molecule has 3 rings (SSSR count). The normalized spacial score (nSPS) is 25.3. The molecule has 1 aliphatic rings. The van der Waals surface area contributed by atoms with Gasteiger partial charge in [0.05, 0.1) is 12.0 Å². The van der Waals surface area contributed by atoms with E-state index in [0.717, 1.165) is 26.0 Å². The number of pyridine rings is 1. The maximum absolute atomic E-state index is 14.8. The number of carbonyl (C=O) groups is 1. The minimum absolute atomic E-state index is 0.0737. The number of benzene rings is 1. The first kappa shape index (κ1) is 21.4. The summed E-state index contributed by atoms with van der Waals surface area (Å²) >= 11 is 0. The molecule has 2 atom stereocenters. The summed E-state index contributed by atoms with van der Waals surface area (Å²) in [6.45, 7) is 1.89. The number of hydrogen-bond donors (Lipinski definition) is 1. The Hall–Kier alpha value is -3.28. The number of amidine groups is 1. The van der Waals surface area contributed by atoms with E-state index in [1.165, 1.54) is 24.4 Å². The molecular formula is C21H18F4N4O. The van der Waals surface area contributed by atoms with Crippen LogP contribution in [0.15, 0.2) is 41.5 Å². The van der Waals surface area contributed by atoms with Gasteiger partial charge in [-0.2, -0.15) is 5.26 Å². The lowest BCUT2D eigenvalue weighted by Gasteiger charge is -2.42. The van der Waals surface area contributed by atoms with Crippen molar-refractivity contribution in [1.82, 2.24) is 4.98 Å². The second-order valence-electron chi connectivity index (χ2n) is 7.61. The predicted octanol–water partition coefficient (Wildman–Crippen LogP) is 3.86. The summed E-state index contributed by atoms with van der Waals surface area (Å²) in [6, 6.07) is 8.03. The van der Waals surface area contributed by atoms with Crippen molar-refractivity contribution < 1.29 is 22.4 Å². The fourth-order valence-corrected chi connectivity index (χ4v) is 3.33. The Labute approximate surface area is 170 Å². The molecule has 0 spiro atoms. The number of ketones is 1. The Kier molecular flexibility index (Phi) is 5.14. The third kappa shape index (κ3) is 3.65. The maximum atomic E-state index is 14.8. The second kappa shape index (κ2) is 7.20. The smallest absolute Gasteiger partial charge is 0.280 e. The van der Waals surface area contributed by atoms with Gasteiger partial charge in [0.2, 0.25) is 0 Å². The van der Waals surface area contributed by atoms with Crippen molar-refractivity contribution in [2.45, 2.75) is 43.8 Å². The van der Waals surface area contributed by atoms with E-state index in [1.54, 1.807) is 0 Å². The highest BCUT2D eigenvalue weighted by molar-refractivity contribution is 5.95. The molecule has 0 radical (unpaired) electrons. The number of hydrogen-bond acceptors (Lipinski definition) is 5. The standard InChI is InChI=1S/C21H18F4N4O/c1-19(23)11-21(24,25)20(2,29-18(19)27)14-7-12(3-5-15(14)22)8-17(30)16-6-4-13(9-26)10-28-16/h3-7,10H,8,11H2,1-2H3,(H2,27,29)/t19-,20+/m0/s1. The first-order valence-electron chi connectivity index (χ1n) is 9.00. The first-order valence-corrected chi connectivity index (χ1v) is 9.00. The summed E-state index contributed by atoms with van der Waals surface area (Å²) in [7, 11) is 0. The van der Waals surface area contributed by atoms with Crippen molar-refractivity contribution in [3.05, 3.63) is 64.7 Å². The van der Waals surface area contributed by atoms with Crippen LogP contribution < -0.4 is 5.73 Å². The van der Waals surface area contributed by atoms with E-state index in [-0.39, 0.29) is 23.2 Å². The quantitative estimate of drug-likeness (QED) is 0.603. The SMILES string of the molecule is C[C@]1(F)CC(F)(F)[C@@](C)(c2cc(CC(=O)c3ccc(C#N)cn3)ccc2F)N=C1N. The highest BCUT2D eigenvalue weighted by atomic mass is 19.3. The van der Waals surface area contributed by atoms with Gasteiger partial charge in [-0.25, -0.2) is 17.6 Å². The molecule has 9 heteroatoms. The summed E-state index contributed by atoms with van der Waals surface area (Å²) in [6.07, 6.45) is -0.254. The number of nitrogens with two attached hydrogens (primary N) is 1. The molecule has 30 heavy (non-hydrogen) atoms. The largest absolute Gasteiger partial charge is 0.385 e. The molecule has 2 N–H and O–H groups in total. The number of alkyl halides is 3. The van der Waals surface area contributed by atoms with E-state index in [2.05, 4.69) is 9.98 Å². The van der Waals surface area contributed by atoms with Crippen molar-refractivity contribution >= 4 is 11.6 Å². The zero-order chi connectivity index (χ0) is 22.3. The van der Waals surface area contributed by atoms with Crippen LogP contribution in [0, 0.1) is 17.1 Å². The Morgan fingerprint density at radius 1 is 1.23 bits per heavy atom. The third-order valence-electron chi connectivity index (χ3n) is 5.24. The molecule has 5 nitrogen and oxygen atoms in total. The van der Waals surface area contributed by atoms with Crippen LogP contribution in [0.3, 0.4) is 0 Å². The zero-order valence-corrected chi connectivity index (χ0v) is 16.2. The molecule has 0 unspecified atom stereocenters. The zero-order valence-electron chi connectivity index (χ0n) is 16.2. The number of rotatable bonds is 4. The fourth-order valence-electron chi connectivity index (χ4n) is 3.33. The second-order valence-corrected chi connectivity index (χ2v) is 7.61.